The molecule has 1 aromatic rings. The molecule has 0 aliphatic carbocycles. The molecule has 4 nitrogen and oxygen atoms in total. The van der Waals surface area contributed by atoms with Gasteiger partial charge in [0.25, 0.3) is 5.91 Å². The van der Waals surface area contributed by atoms with Crippen LogP contribution >= 0.6 is 0 Å². The van der Waals surface area contributed by atoms with Crippen LogP contribution in [-0.2, 0) is 0 Å². The number of carbonyl (C=O) groups excluding carboxylic acids is 1. The molecule has 2 heterocycles. The Hall–Kier alpha value is -1.53. The number of carbonyl (C=O) groups is 1. The van der Waals surface area contributed by atoms with Gasteiger partial charge in [-0.25, -0.2) is 0 Å². The Morgan fingerprint density at radius 2 is 2.06 bits per heavy atom. The summed E-state index contributed by atoms with van der Waals surface area (Å²) in [4.78, 5) is 13.2. The molecule has 0 saturated carbocycles. The van der Waals surface area contributed by atoms with Gasteiger partial charge < -0.3 is 4.90 Å². The molecule has 0 atom stereocenters. The summed E-state index contributed by atoms with van der Waals surface area (Å²) in [5.41, 5.74) is 0.315. The standard InChI is InChI=1S/C10H12F3N3O/c11-10(12,13)7-2-5-16(6-3-7)9(17)8-1-4-14-15-8/h1,4,7H,2-3,5-6H2,(H,14,15). The third-order valence-electron chi connectivity index (χ3n) is 2.98. The van der Waals surface area contributed by atoms with Gasteiger partial charge in [-0.15, -0.1) is 0 Å². The summed E-state index contributed by atoms with van der Waals surface area (Å²) in [5.74, 6) is -1.57. The summed E-state index contributed by atoms with van der Waals surface area (Å²) in [5, 5.41) is 6.15. The van der Waals surface area contributed by atoms with Crippen molar-refractivity contribution < 1.29 is 18.0 Å². The average Bonchev–Trinajstić information content (AvgIpc) is 2.80. The number of halogens is 3. The van der Waals surface area contributed by atoms with Crippen LogP contribution in [0.1, 0.15) is 23.3 Å². The Bertz CT molecular complexity index is 380. The van der Waals surface area contributed by atoms with E-state index < -0.39 is 12.1 Å². The number of nitrogens with zero attached hydrogens (tertiary/aromatic N) is 2. The number of aromatic amines is 1. The lowest BCUT2D eigenvalue weighted by Gasteiger charge is -2.32. The monoisotopic (exact) mass is 247 g/mol. The highest BCUT2D eigenvalue weighted by atomic mass is 19.4. The van der Waals surface area contributed by atoms with Crippen LogP contribution in [0, 0.1) is 5.92 Å². The smallest absolute Gasteiger partial charge is 0.337 e. The van der Waals surface area contributed by atoms with Crippen LogP contribution < -0.4 is 0 Å². The predicted octanol–water partition coefficient (Wildman–Crippen LogP) is 1.82. The van der Waals surface area contributed by atoms with Gasteiger partial charge in [0.1, 0.15) is 5.69 Å². The molecule has 0 aromatic carbocycles. The van der Waals surface area contributed by atoms with E-state index in [-0.39, 0.29) is 31.8 Å². The van der Waals surface area contributed by atoms with E-state index in [2.05, 4.69) is 10.2 Å². The SMILES string of the molecule is O=C(c1ccn[nH]1)N1CCC(C(F)(F)F)CC1. The molecular weight excluding hydrogens is 235 g/mol. The lowest BCUT2D eigenvalue weighted by atomic mass is 9.96. The number of rotatable bonds is 1. The fourth-order valence-electron chi connectivity index (χ4n) is 1.96. The first-order chi connectivity index (χ1) is 7.98. The van der Waals surface area contributed by atoms with Crippen LogP contribution in [-0.4, -0.2) is 40.3 Å². The Morgan fingerprint density at radius 1 is 1.41 bits per heavy atom. The average molecular weight is 247 g/mol. The van der Waals surface area contributed by atoms with E-state index >= 15 is 0 Å². The van der Waals surface area contributed by atoms with E-state index in [1.165, 1.54) is 17.2 Å². The first-order valence-corrected chi connectivity index (χ1v) is 5.34. The van der Waals surface area contributed by atoms with E-state index in [4.69, 9.17) is 0 Å². The molecule has 0 bridgehead atoms. The van der Waals surface area contributed by atoms with Crippen LogP contribution in [0.15, 0.2) is 12.3 Å². The third kappa shape index (κ3) is 2.59. The van der Waals surface area contributed by atoms with Crippen molar-refractivity contribution in [3.05, 3.63) is 18.0 Å². The lowest BCUT2D eigenvalue weighted by Crippen LogP contribution is -2.42. The third-order valence-corrected chi connectivity index (χ3v) is 2.98. The van der Waals surface area contributed by atoms with Crippen molar-refractivity contribution in [3.8, 4) is 0 Å². The minimum atomic E-state index is -4.15. The molecule has 17 heavy (non-hydrogen) atoms. The molecule has 0 unspecified atom stereocenters. The molecule has 1 N–H and O–H groups in total. The van der Waals surface area contributed by atoms with Crippen LogP contribution in [0.25, 0.3) is 0 Å². The van der Waals surface area contributed by atoms with Crippen molar-refractivity contribution >= 4 is 5.91 Å². The fourth-order valence-corrected chi connectivity index (χ4v) is 1.96. The topological polar surface area (TPSA) is 49.0 Å². The van der Waals surface area contributed by atoms with Crippen LogP contribution in [0.2, 0.25) is 0 Å². The molecule has 1 amide bonds. The maximum atomic E-state index is 12.4. The molecule has 1 aliphatic heterocycles. The van der Waals surface area contributed by atoms with E-state index in [0.29, 0.717) is 5.69 Å². The first-order valence-electron chi connectivity index (χ1n) is 5.34. The van der Waals surface area contributed by atoms with Gasteiger partial charge in [0.15, 0.2) is 0 Å². The number of hydrogen-bond donors (Lipinski definition) is 1. The first kappa shape index (κ1) is 11.9. The number of likely N-dealkylation sites (tertiary alicyclic amines) is 1. The largest absolute Gasteiger partial charge is 0.391 e. The summed E-state index contributed by atoms with van der Waals surface area (Å²) >= 11 is 0. The van der Waals surface area contributed by atoms with Gasteiger partial charge in [-0.3, -0.25) is 9.89 Å². The van der Waals surface area contributed by atoms with E-state index in [1.807, 2.05) is 0 Å². The fraction of sp³-hybridized carbons (Fsp3) is 0.600. The van der Waals surface area contributed by atoms with Gasteiger partial charge in [0, 0.05) is 19.3 Å². The Balaban J connectivity index is 1.94. The molecule has 1 saturated heterocycles. The molecule has 1 aliphatic rings. The maximum absolute atomic E-state index is 12.4. The quantitative estimate of drug-likeness (QED) is 0.823. The summed E-state index contributed by atoms with van der Waals surface area (Å²) in [6.07, 6.45) is -2.76. The highest BCUT2D eigenvalue weighted by molar-refractivity contribution is 5.92. The number of amides is 1. The highest BCUT2D eigenvalue weighted by Gasteiger charge is 2.41. The molecule has 0 radical (unpaired) electrons. The van der Waals surface area contributed by atoms with E-state index in [0.717, 1.165) is 0 Å². The van der Waals surface area contributed by atoms with Crippen LogP contribution in [0.3, 0.4) is 0 Å². The molecule has 2 rings (SSSR count). The van der Waals surface area contributed by atoms with Gasteiger partial charge in [-0.2, -0.15) is 18.3 Å². The molecule has 0 spiro atoms. The van der Waals surface area contributed by atoms with Crippen LogP contribution in [0.5, 0.6) is 0 Å². The maximum Gasteiger partial charge on any atom is 0.391 e. The second-order valence-corrected chi connectivity index (χ2v) is 4.08. The predicted molar refractivity (Wildman–Crippen MR) is 53.3 cm³/mol. The van der Waals surface area contributed by atoms with Crippen molar-refractivity contribution in [2.45, 2.75) is 19.0 Å². The van der Waals surface area contributed by atoms with Gasteiger partial charge in [-0.1, -0.05) is 0 Å². The number of piperidine rings is 1. The molecular formula is C10H12F3N3O. The van der Waals surface area contributed by atoms with Gasteiger partial charge in [-0.05, 0) is 18.9 Å². The number of alkyl halides is 3. The summed E-state index contributed by atoms with van der Waals surface area (Å²) < 4.78 is 37.3. The van der Waals surface area contributed by atoms with Crippen molar-refractivity contribution in [1.82, 2.24) is 15.1 Å². The highest BCUT2D eigenvalue weighted by Crippen LogP contribution is 2.34. The molecule has 1 fully saturated rings. The van der Waals surface area contributed by atoms with Crippen molar-refractivity contribution in [1.29, 1.82) is 0 Å². The van der Waals surface area contributed by atoms with Gasteiger partial charge >= 0.3 is 6.18 Å². The van der Waals surface area contributed by atoms with Gasteiger partial charge in [0.05, 0.1) is 5.92 Å². The number of H-pyrrole nitrogens is 1. The van der Waals surface area contributed by atoms with Crippen LogP contribution in [0.4, 0.5) is 13.2 Å². The molecule has 94 valence electrons. The van der Waals surface area contributed by atoms with Crippen molar-refractivity contribution in [3.63, 3.8) is 0 Å². The minimum absolute atomic E-state index is 0.0244. The van der Waals surface area contributed by atoms with E-state index in [1.54, 1.807) is 0 Å². The lowest BCUT2D eigenvalue weighted by molar-refractivity contribution is -0.183. The minimum Gasteiger partial charge on any atom is -0.337 e. The number of hydrogen-bond acceptors (Lipinski definition) is 2. The summed E-state index contributed by atoms with van der Waals surface area (Å²) in [6, 6.07) is 1.51. The zero-order chi connectivity index (χ0) is 12.5. The molecule has 1 aromatic heterocycles. The number of aromatic nitrogens is 2. The second kappa shape index (κ2) is 4.38. The number of nitrogens with one attached hydrogen (secondary N) is 1. The Morgan fingerprint density at radius 3 is 2.53 bits per heavy atom. The normalized spacial score (nSPS) is 18.4. The zero-order valence-corrected chi connectivity index (χ0v) is 9.00. The Labute approximate surface area is 95.8 Å². The van der Waals surface area contributed by atoms with E-state index in [9.17, 15) is 18.0 Å². The van der Waals surface area contributed by atoms with Crippen molar-refractivity contribution in [2.24, 2.45) is 5.92 Å². The summed E-state index contributed by atoms with van der Waals surface area (Å²) in [6.45, 7) is 0.282. The zero-order valence-electron chi connectivity index (χ0n) is 9.00. The summed E-state index contributed by atoms with van der Waals surface area (Å²) in [7, 11) is 0. The van der Waals surface area contributed by atoms with Gasteiger partial charge in [0.2, 0.25) is 0 Å². The second-order valence-electron chi connectivity index (χ2n) is 4.08. The molecule has 7 heteroatoms. The van der Waals surface area contributed by atoms with Crippen molar-refractivity contribution in [2.75, 3.05) is 13.1 Å². The Kier molecular flexibility index (Phi) is 3.08.